The predicted molar refractivity (Wildman–Crippen MR) is 73.7 cm³/mol. The van der Waals surface area contributed by atoms with Gasteiger partial charge in [0.25, 0.3) is 0 Å². The smallest absolute Gasteiger partial charge is 0.329 e. The Labute approximate surface area is 112 Å². The highest BCUT2D eigenvalue weighted by Gasteiger charge is 2.09. The molecule has 0 spiro atoms. The highest BCUT2D eigenvalue weighted by molar-refractivity contribution is 6.34. The van der Waals surface area contributed by atoms with Gasteiger partial charge in [-0.05, 0) is 25.8 Å². The summed E-state index contributed by atoms with van der Waals surface area (Å²) in [6.07, 6.45) is 1.51. The summed E-state index contributed by atoms with van der Waals surface area (Å²) < 4.78 is 2.20. The maximum Gasteiger partial charge on any atom is 0.329 e. The summed E-state index contributed by atoms with van der Waals surface area (Å²) >= 11 is 0. The van der Waals surface area contributed by atoms with Gasteiger partial charge in [-0.2, -0.15) is 5.10 Å². The molecule has 0 aliphatic carbocycles. The fraction of sp³-hybridized carbons (Fsp3) is 0.462. The highest BCUT2D eigenvalue weighted by Crippen LogP contribution is 2.15. The van der Waals surface area contributed by atoms with Crippen molar-refractivity contribution in [1.82, 2.24) is 9.99 Å². The van der Waals surface area contributed by atoms with Crippen molar-refractivity contribution in [2.24, 2.45) is 16.8 Å². The number of nitrogens with one attached hydrogen (secondary N) is 1. The lowest BCUT2D eigenvalue weighted by Gasteiger charge is -2.11. The van der Waals surface area contributed by atoms with Crippen molar-refractivity contribution in [2.75, 3.05) is 0 Å². The zero-order valence-electron chi connectivity index (χ0n) is 11.7. The molecule has 0 radical (unpaired) electrons. The third kappa shape index (κ3) is 3.94. The fourth-order valence-electron chi connectivity index (χ4n) is 1.82. The normalized spacial score (nSPS) is 11.2. The lowest BCUT2D eigenvalue weighted by Crippen LogP contribution is -2.32. The summed E-state index contributed by atoms with van der Waals surface area (Å²) in [6.45, 7) is 9.25. The molecule has 0 aliphatic rings. The van der Waals surface area contributed by atoms with Crippen molar-refractivity contribution in [1.29, 1.82) is 0 Å². The van der Waals surface area contributed by atoms with Gasteiger partial charge < -0.3 is 10.3 Å². The molecule has 0 saturated heterocycles. The van der Waals surface area contributed by atoms with Crippen LogP contribution in [0.25, 0.3) is 0 Å². The van der Waals surface area contributed by atoms with Crippen molar-refractivity contribution in [3.05, 3.63) is 23.0 Å². The van der Waals surface area contributed by atoms with Gasteiger partial charge in [-0.3, -0.25) is 9.59 Å². The van der Waals surface area contributed by atoms with Crippen molar-refractivity contribution < 1.29 is 9.59 Å². The highest BCUT2D eigenvalue weighted by atomic mass is 16.2. The molecule has 19 heavy (non-hydrogen) atoms. The van der Waals surface area contributed by atoms with E-state index in [2.05, 4.69) is 28.9 Å². The van der Waals surface area contributed by atoms with Crippen LogP contribution in [0.1, 0.15) is 30.8 Å². The van der Waals surface area contributed by atoms with Gasteiger partial charge in [0.05, 0.1) is 6.21 Å². The topological polar surface area (TPSA) is 89.5 Å². The van der Waals surface area contributed by atoms with E-state index < -0.39 is 11.8 Å². The number of carbonyl (C=O) groups is 2. The van der Waals surface area contributed by atoms with E-state index >= 15 is 0 Å². The Morgan fingerprint density at radius 2 is 2.11 bits per heavy atom. The van der Waals surface area contributed by atoms with Crippen LogP contribution in [0.5, 0.6) is 0 Å². The Bertz CT molecular complexity index is 515. The average Bonchev–Trinajstić information content (AvgIpc) is 2.56. The van der Waals surface area contributed by atoms with Crippen LogP contribution in [0.2, 0.25) is 0 Å². The van der Waals surface area contributed by atoms with E-state index in [1.54, 1.807) is 0 Å². The van der Waals surface area contributed by atoms with Gasteiger partial charge in [-0.1, -0.05) is 13.8 Å². The molecular weight excluding hydrogens is 244 g/mol. The molecule has 1 heterocycles. The van der Waals surface area contributed by atoms with Gasteiger partial charge in [-0.25, -0.2) is 5.43 Å². The summed E-state index contributed by atoms with van der Waals surface area (Å²) in [5.41, 5.74) is 9.98. The Morgan fingerprint density at radius 3 is 2.63 bits per heavy atom. The first kappa shape index (κ1) is 14.9. The minimum Gasteiger partial charge on any atom is -0.361 e. The predicted octanol–water partition coefficient (Wildman–Crippen LogP) is 0.696. The molecule has 0 unspecified atom stereocenters. The standard InChI is InChI=1S/C13H20N4O2/c1-8(2)7-17-9(3)5-11(10(17)4)6-15-16-13(19)12(14)18/h5-6,8H,7H2,1-4H3,(H2,14,18)(H,16,19)/b15-6+. The van der Waals surface area contributed by atoms with E-state index in [-0.39, 0.29) is 0 Å². The summed E-state index contributed by atoms with van der Waals surface area (Å²) in [6, 6.07) is 1.98. The molecule has 1 aromatic heterocycles. The number of aromatic nitrogens is 1. The molecule has 0 bridgehead atoms. The zero-order chi connectivity index (χ0) is 14.6. The SMILES string of the molecule is Cc1cc(/C=N/NC(=O)C(N)=O)c(C)n1CC(C)C. The summed E-state index contributed by atoms with van der Waals surface area (Å²) in [4.78, 5) is 21.5. The third-order valence-corrected chi connectivity index (χ3v) is 2.75. The molecule has 6 nitrogen and oxygen atoms in total. The first-order valence-corrected chi connectivity index (χ1v) is 6.12. The van der Waals surface area contributed by atoms with Crippen LogP contribution in [-0.4, -0.2) is 22.6 Å². The molecular formula is C13H20N4O2. The van der Waals surface area contributed by atoms with Gasteiger partial charge in [0.1, 0.15) is 0 Å². The van der Waals surface area contributed by atoms with E-state index in [4.69, 9.17) is 5.73 Å². The van der Waals surface area contributed by atoms with Crippen molar-refractivity contribution in [3.63, 3.8) is 0 Å². The number of hydrogen-bond donors (Lipinski definition) is 2. The first-order chi connectivity index (χ1) is 8.82. The molecule has 104 valence electrons. The fourth-order valence-corrected chi connectivity index (χ4v) is 1.82. The summed E-state index contributed by atoms with van der Waals surface area (Å²) in [5, 5.41) is 3.72. The molecule has 0 atom stereocenters. The quantitative estimate of drug-likeness (QED) is 0.476. The first-order valence-electron chi connectivity index (χ1n) is 6.12. The minimum absolute atomic E-state index is 0.546. The second-order valence-electron chi connectivity index (χ2n) is 4.89. The lowest BCUT2D eigenvalue weighted by molar-refractivity contribution is -0.137. The molecule has 2 amide bonds. The van der Waals surface area contributed by atoms with Crippen molar-refractivity contribution in [3.8, 4) is 0 Å². The monoisotopic (exact) mass is 264 g/mol. The van der Waals surface area contributed by atoms with Gasteiger partial charge in [0.15, 0.2) is 0 Å². The second-order valence-corrected chi connectivity index (χ2v) is 4.89. The molecule has 0 fully saturated rings. The van der Waals surface area contributed by atoms with E-state index in [9.17, 15) is 9.59 Å². The molecule has 0 aliphatic heterocycles. The summed E-state index contributed by atoms with van der Waals surface area (Å²) in [7, 11) is 0. The van der Waals surface area contributed by atoms with E-state index in [0.717, 1.165) is 23.5 Å². The number of hydrogen-bond acceptors (Lipinski definition) is 3. The van der Waals surface area contributed by atoms with Crippen LogP contribution in [0.15, 0.2) is 11.2 Å². The number of primary amides is 1. The number of rotatable bonds is 4. The number of aryl methyl sites for hydroxylation is 1. The van der Waals surface area contributed by atoms with E-state index in [0.29, 0.717) is 5.92 Å². The minimum atomic E-state index is -1.05. The van der Waals surface area contributed by atoms with Crippen LogP contribution in [-0.2, 0) is 16.1 Å². The van der Waals surface area contributed by atoms with Gasteiger partial charge in [0, 0.05) is 23.5 Å². The van der Waals surface area contributed by atoms with E-state index in [1.807, 2.05) is 19.9 Å². The van der Waals surface area contributed by atoms with Crippen LogP contribution in [0, 0.1) is 19.8 Å². The van der Waals surface area contributed by atoms with Crippen molar-refractivity contribution in [2.45, 2.75) is 34.2 Å². The van der Waals surface area contributed by atoms with Gasteiger partial charge in [0.2, 0.25) is 0 Å². The number of nitrogens with zero attached hydrogens (tertiary/aromatic N) is 2. The van der Waals surface area contributed by atoms with Gasteiger partial charge in [-0.15, -0.1) is 0 Å². The van der Waals surface area contributed by atoms with Gasteiger partial charge >= 0.3 is 11.8 Å². The molecule has 3 N–H and O–H groups in total. The molecule has 0 aromatic carbocycles. The number of hydrazone groups is 1. The number of carbonyl (C=O) groups excluding carboxylic acids is 2. The zero-order valence-corrected chi connectivity index (χ0v) is 11.7. The molecule has 1 aromatic rings. The Hall–Kier alpha value is -2.11. The van der Waals surface area contributed by atoms with E-state index in [1.165, 1.54) is 6.21 Å². The van der Waals surface area contributed by atoms with Crippen LogP contribution in [0.3, 0.4) is 0 Å². The number of amides is 2. The van der Waals surface area contributed by atoms with Crippen molar-refractivity contribution >= 4 is 18.0 Å². The largest absolute Gasteiger partial charge is 0.361 e. The maximum absolute atomic E-state index is 10.9. The molecule has 6 heteroatoms. The Morgan fingerprint density at radius 1 is 1.47 bits per heavy atom. The third-order valence-electron chi connectivity index (χ3n) is 2.75. The molecule has 1 rings (SSSR count). The Balaban J connectivity index is 2.83. The maximum atomic E-state index is 10.9. The summed E-state index contributed by atoms with van der Waals surface area (Å²) in [5.74, 6) is -1.43. The Kier molecular flexibility index (Phi) is 4.86. The second kappa shape index (κ2) is 6.17. The van der Waals surface area contributed by atoms with Crippen LogP contribution >= 0.6 is 0 Å². The van der Waals surface area contributed by atoms with Crippen LogP contribution < -0.4 is 11.2 Å². The van der Waals surface area contributed by atoms with Crippen LogP contribution in [0.4, 0.5) is 0 Å². The number of nitrogens with two attached hydrogens (primary N) is 1. The lowest BCUT2D eigenvalue weighted by atomic mass is 10.2. The average molecular weight is 264 g/mol. The molecule has 0 saturated carbocycles.